The van der Waals surface area contributed by atoms with E-state index in [-0.39, 0.29) is 49.6 Å². The molecule has 38 heavy (non-hydrogen) atoms. The Kier molecular flexibility index (Phi) is 8.49. The third kappa shape index (κ3) is 5.74. The van der Waals surface area contributed by atoms with E-state index in [1.54, 1.807) is 6.92 Å². The number of nitrogens with zero attached hydrogens (tertiary/aromatic N) is 2. The average molecular weight is 560 g/mol. The maximum atomic E-state index is 14.4. The minimum absolute atomic E-state index is 0.0469. The molecular formula is C25H36ClF2N5O5. The number of rotatable bonds is 9. The summed E-state index contributed by atoms with van der Waals surface area (Å²) >= 11 is 5.39. The van der Waals surface area contributed by atoms with Crippen molar-refractivity contribution in [3.63, 3.8) is 0 Å². The lowest BCUT2D eigenvalue weighted by atomic mass is 9.93. The first-order valence-corrected chi connectivity index (χ1v) is 13.9. The Morgan fingerprint density at radius 2 is 1.95 bits per heavy atom. The first kappa shape index (κ1) is 28.5. The molecule has 4 aliphatic rings. The number of carbonyl (C=O) groups excluding carboxylic acids is 5. The zero-order valence-corrected chi connectivity index (χ0v) is 22.4. The predicted molar refractivity (Wildman–Crippen MR) is 133 cm³/mol. The van der Waals surface area contributed by atoms with Gasteiger partial charge in [0.05, 0.1) is 12.5 Å². The van der Waals surface area contributed by atoms with Crippen molar-refractivity contribution in [1.82, 2.24) is 26.0 Å². The number of amides is 5. The third-order valence-corrected chi connectivity index (χ3v) is 8.75. The Morgan fingerprint density at radius 3 is 2.53 bits per heavy atom. The summed E-state index contributed by atoms with van der Waals surface area (Å²) in [5.41, 5.74) is -1.94. The smallest absolute Gasteiger partial charge is 0.291 e. The van der Waals surface area contributed by atoms with Crippen LogP contribution in [0, 0.1) is 23.7 Å². The maximum Gasteiger partial charge on any atom is 0.291 e. The molecule has 10 nitrogen and oxygen atoms in total. The zero-order chi connectivity index (χ0) is 27.8. The summed E-state index contributed by atoms with van der Waals surface area (Å²) in [4.78, 5) is 65.9. The van der Waals surface area contributed by atoms with Crippen LogP contribution in [0.5, 0.6) is 0 Å². The van der Waals surface area contributed by atoms with Crippen molar-refractivity contribution in [2.75, 3.05) is 19.6 Å². The van der Waals surface area contributed by atoms with Crippen LogP contribution < -0.4 is 16.1 Å². The monoisotopic (exact) mass is 559 g/mol. The van der Waals surface area contributed by atoms with Crippen molar-refractivity contribution in [1.29, 1.82) is 0 Å². The van der Waals surface area contributed by atoms with Crippen LogP contribution in [0.4, 0.5) is 8.78 Å². The van der Waals surface area contributed by atoms with Gasteiger partial charge in [0, 0.05) is 13.1 Å². The second kappa shape index (κ2) is 11.3. The Morgan fingerprint density at radius 1 is 1.24 bits per heavy atom. The molecule has 2 aliphatic carbocycles. The van der Waals surface area contributed by atoms with Gasteiger partial charge in [-0.05, 0) is 49.9 Å². The molecule has 13 heteroatoms. The van der Waals surface area contributed by atoms with E-state index in [9.17, 15) is 32.8 Å². The van der Waals surface area contributed by atoms with Gasteiger partial charge in [-0.25, -0.2) is 13.8 Å². The summed E-state index contributed by atoms with van der Waals surface area (Å²) in [6.45, 7) is 4.05. The molecule has 2 aliphatic heterocycles. The fraction of sp³-hybridized carbons (Fsp3) is 0.800. The Bertz CT molecular complexity index is 980. The molecule has 2 saturated carbocycles. The lowest BCUT2D eigenvalue weighted by Crippen LogP contribution is -2.60. The van der Waals surface area contributed by atoms with Gasteiger partial charge < -0.3 is 15.5 Å². The second-order valence-corrected chi connectivity index (χ2v) is 11.5. The summed E-state index contributed by atoms with van der Waals surface area (Å²) in [5.74, 6) is -4.62. The van der Waals surface area contributed by atoms with Crippen LogP contribution >= 0.6 is 11.6 Å². The number of carbonyl (C=O) groups is 5. The van der Waals surface area contributed by atoms with Gasteiger partial charge in [-0.3, -0.25) is 29.4 Å². The Balaban J connectivity index is 1.55. The van der Waals surface area contributed by atoms with Crippen molar-refractivity contribution < 1.29 is 32.8 Å². The number of likely N-dealkylation sites (tertiary alicyclic amines) is 1. The SMILES string of the molecule is CCC(C)C(NC(=O)C1(F)CC1)C(=O)N1C[C@@H]2CCC[C@@H]2[C@H]1C(=O)NN(C[C@@H]1CCNC1=O)C(=O)C(F)Cl. The Hall–Kier alpha value is -2.50. The summed E-state index contributed by atoms with van der Waals surface area (Å²) in [6, 6.07) is -1.99. The third-order valence-electron chi connectivity index (χ3n) is 8.57. The molecule has 3 unspecified atom stereocenters. The lowest BCUT2D eigenvalue weighted by Gasteiger charge is -2.34. The number of fused-ring (bicyclic) bond motifs is 1. The molecule has 3 N–H and O–H groups in total. The summed E-state index contributed by atoms with van der Waals surface area (Å²) < 4.78 is 28.2. The van der Waals surface area contributed by atoms with Gasteiger partial charge >= 0.3 is 0 Å². The topological polar surface area (TPSA) is 128 Å². The summed E-state index contributed by atoms with van der Waals surface area (Å²) in [7, 11) is 0. The van der Waals surface area contributed by atoms with Crippen molar-refractivity contribution in [2.45, 2.75) is 82.2 Å². The van der Waals surface area contributed by atoms with Crippen LogP contribution in [0.25, 0.3) is 0 Å². The van der Waals surface area contributed by atoms with E-state index in [0.717, 1.165) is 17.9 Å². The quantitative estimate of drug-likeness (QED) is 0.289. The fourth-order valence-corrected chi connectivity index (χ4v) is 6.00. The van der Waals surface area contributed by atoms with Gasteiger partial charge in [-0.1, -0.05) is 38.3 Å². The van der Waals surface area contributed by atoms with Gasteiger partial charge in [0.25, 0.3) is 23.4 Å². The largest absolute Gasteiger partial charge is 0.356 e. The molecule has 212 valence electrons. The van der Waals surface area contributed by atoms with Gasteiger partial charge in [-0.15, -0.1) is 0 Å². The van der Waals surface area contributed by atoms with E-state index >= 15 is 0 Å². The maximum absolute atomic E-state index is 14.4. The molecule has 0 aromatic carbocycles. The number of hydrogen-bond donors (Lipinski definition) is 3. The van der Waals surface area contributed by atoms with E-state index in [2.05, 4.69) is 16.1 Å². The standard InChI is InChI=1S/C25H36ClF2N5O5/c1-3-13(2)17(30-24(38)25(28)8-9-25)22(36)32-11-14-5-4-6-16(14)18(32)21(35)31-33(23(37)19(26)27)12-15-7-10-29-20(15)34/h13-19H,3-12H2,1-2H3,(H,29,34)(H,30,38)(H,31,35)/t13?,14-,15-,16-,17?,18-,19?/m0/s1. The molecule has 7 atom stereocenters. The normalized spacial score (nSPS) is 29.6. The highest BCUT2D eigenvalue weighted by Gasteiger charge is 2.54. The zero-order valence-electron chi connectivity index (χ0n) is 21.7. The molecule has 0 bridgehead atoms. The molecule has 2 saturated heterocycles. The van der Waals surface area contributed by atoms with Crippen LogP contribution in [-0.2, 0) is 24.0 Å². The van der Waals surface area contributed by atoms with Crippen LogP contribution in [0.2, 0.25) is 0 Å². The van der Waals surface area contributed by atoms with E-state index in [1.165, 1.54) is 4.90 Å². The average Bonchev–Trinajstić information content (AvgIpc) is 3.18. The second-order valence-electron chi connectivity index (χ2n) is 11.1. The lowest BCUT2D eigenvalue weighted by molar-refractivity contribution is -0.150. The van der Waals surface area contributed by atoms with Crippen LogP contribution in [0.1, 0.15) is 58.8 Å². The molecule has 0 spiro atoms. The molecule has 4 fully saturated rings. The highest BCUT2D eigenvalue weighted by Crippen LogP contribution is 2.43. The molecule has 2 heterocycles. The number of nitrogens with one attached hydrogen (secondary N) is 3. The van der Waals surface area contributed by atoms with Gasteiger partial charge in [-0.2, -0.15) is 0 Å². The molecule has 4 rings (SSSR count). The number of hydrazine groups is 1. The molecule has 0 aromatic rings. The van der Waals surface area contributed by atoms with Crippen molar-refractivity contribution in [3.8, 4) is 0 Å². The van der Waals surface area contributed by atoms with Crippen molar-refractivity contribution in [3.05, 3.63) is 0 Å². The fourth-order valence-electron chi connectivity index (χ4n) is 5.88. The van der Waals surface area contributed by atoms with Crippen LogP contribution in [-0.4, -0.2) is 82.5 Å². The molecule has 0 aromatic heterocycles. The molecule has 0 radical (unpaired) electrons. The van der Waals surface area contributed by atoms with E-state index in [1.807, 2.05) is 6.92 Å². The highest BCUT2D eigenvalue weighted by molar-refractivity contribution is 6.29. The van der Waals surface area contributed by atoms with Gasteiger partial charge in [0.1, 0.15) is 12.1 Å². The number of halogens is 3. The Labute approximate surface area is 225 Å². The number of alkyl halides is 3. The van der Waals surface area contributed by atoms with Gasteiger partial charge in [0.2, 0.25) is 11.8 Å². The van der Waals surface area contributed by atoms with Gasteiger partial charge in [0.15, 0.2) is 5.67 Å². The molecule has 5 amide bonds. The van der Waals surface area contributed by atoms with E-state index in [0.29, 0.717) is 25.8 Å². The van der Waals surface area contributed by atoms with Crippen molar-refractivity contribution in [2.24, 2.45) is 23.7 Å². The minimum atomic E-state index is -2.43. The number of hydrogen-bond acceptors (Lipinski definition) is 5. The van der Waals surface area contributed by atoms with E-state index in [4.69, 9.17) is 11.6 Å². The summed E-state index contributed by atoms with van der Waals surface area (Å²) in [5, 5.41) is 5.95. The molecular weight excluding hydrogens is 524 g/mol. The first-order valence-electron chi connectivity index (χ1n) is 13.4. The van der Waals surface area contributed by atoms with Crippen LogP contribution in [0.15, 0.2) is 0 Å². The van der Waals surface area contributed by atoms with Crippen molar-refractivity contribution >= 4 is 41.1 Å². The van der Waals surface area contributed by atoms with E-state index < -0.39 is 52.9 Å². The first-order chi connectivity index (χ1) is 18.0. The van der Waals surface area contributed by atoms with Crippen LogP contribution in [0.3, 0.4) is 0 Å². The highest BCUT2D eigenvalue weighted by atomic mass is 35.5. The summed E-state index contributed by atoms with van der Waals surface area (Å²) in [6.07, 6.45) is 3.52. The predicted octanol–water partition coefficient (Wildman–Crippen LogP) is 1.18. The minimum Gasteiger partial charge on any atom is -0.356 e.